The Balaban J connectivity index is 2.25. The number of nitrogen functional groups attached to an aromatic ring is 1. The van der Waals surface area contributed by atoms with Crippen LogP contribution in [0.4, 0.5) is 5.95 Å². The fourth-order valence-corrected chi connectivity index (χ4v) is 1.84. The molecule has 0 spiro atoms. The summed E-state index contributed by atoms with van der Waals surface area (Å²) in [6.07, 6.45) is 0. The molecule has 2 aromatic rings. The third-order valence-electron chi connectivity index (χ3n) is 2.03. The molecule has 0 bridgehead atoms. The third kappa shape index (κ3) is 2.36. The predicted molar refractivity (Wildman–Crippen MR) is 62.4 cm³/mol. The van der Waals surface area contributed by atoms with Crippen molar-refractivity contribution in [1.82, 2.24) is 14.8 Å². The van der Waals surface area contributed by atoms with Crippen LogP contribution < -0.4 is 5.73 Å². The molecule has 4 nitrogen and oxygen atoms in total. The highest BCUT2D eigenvalue weighted by molar-refractivity contribution is 9.10. The van der Waals surface area contributed by atoms with Gasteiger partial charge in [-0.25, -0.2) is 4.68 Å². The molecule has 0 unspecified atom stereocenters. The summed E-state index contributed by atoms with van der Waals surface area (Å²) in [4.78, 5) is 4.05. The molecule has 0 aliphatic carbocycles. The first-order chi connectivity index (χ1) is 7.15. The van der Waals surface area contributed by atoms with Crippen LogP contribution in [0.5, 0.6) is 0 Å². The summed E-state index contributed by atoms with van der Waals surface area (Å²) >= 11 is 3.42. The van der Waals surface area contributed by atoms with E-state index in [2.05, 4.69) is 26.0 Å². The molecule has 0 atom stereocenters. The van der Waals surface area contributed by atoms with Gasteiger partial charge in [-0.05, 0) is 24.6 Å². The van der Waals surface area contributed by atoms with Gasteiger partial charge in [0.1, 0.15) is 5.82 Å². The van der Waals surface area contributed by atoms with Crippen LogP contribution in [0.3, 0.4) is 0 Å². The number of hydrogen-bond donors (Lipinski definition) is 1. The summed E-state index contributed by atoms with van der Waals surface area (Å²) in [5.41, 5.74) is 6.84. The number of aromatic nitrogens is 3. The molecule has 15 heavy (non-hydrogen) atoms. The maximum absolute atomic E-state index is 5.70. The number of nitrogens with zero attached hydrogens (tertiary/aromatic N) is 3. The topological polar surface area (TPSA) is 56.7 Å². The molecular weight excluding hydrogens is 256 g/mol. The second-order valence-corrected chi connectivity index (χ2v) is 4.22. The number of halogens is 1. The van der Waals surface area contributed by atoms with E-state index in [1.54, 1.807) is 4.68 Å². The zero-order chi connectivity index (χ0) is 10.8. The van der Waals surface area contributed by atoms with E-state index in [4.69, 9.17) is 5.73 Å². The van der Waals surface area contributed by atoms with Crippen LogP contribution >= 0.6 is 15.9 Å². The lowest BCUT2D eigenvalue weighted by Crippen LogP contribution is -2.06. The van der Waals surface area contributed by atoms with Gasteiger partial charge in [-0.2, -0.15) is 10.1 Å². The summed E-state index contributed by atoms with van der Waals surface area (Å²) in [7, 11) is 0. The minimum absolute atomic E-state index is 0.451. The third-order valence-corrected chi connectivity index (χ3v) is 2.52. The van der Waals surface area contributed by atoms with Crippen molar-refractivity contribution in [2.75, 3.05) is 5.73 Å². The number of rotatable bonds is 2. The monoisotopic (exact) mass is 266 g/mol. The van der Waals surface area contributed by atoms with Gasteiger partial charge in [0, 0.05) is 4.47 Å². The van der Waals surface area contributed by atoms with Crippen molar-refractivity contribution >= 4 is 21.9 Å². The van der Waals surface area contributed by atoms with E-state index in [1.165, 1.54) is 0 Å². The molecule has 0 amide bonds. The van der Waals surface area contributed by atoms with Crippen molar-refractivity contribution in [2.45, 2.75) is 13.5 Å². The Labute approximate surface area is 96.3 Å². The molecule has 0 aliphatic heterocycles. The lowest BCUT2D eigenvalue weighted by atomic mass is 10.2. The molecule has 2 rings (SSSR count). The largest absolute Gasteiger partial charge is 0.368 e. The normalized spacial score (nSPS) is 10.5. The van der Waals surface area contributed by atoms with Gasteiger partial charge in [0.05, 0.1) is 6.54 Å². The standard InChI is InChI=1S/C10H11BrN4/c1-7-13-10(12)15(14-7)6-8-3-2-4-9(11)5-8/h2-5H,6H2,1H3,(H2,12,13,14). The molecule has 78 valence electrons. The number of anilines is 1. The van der Waals surface area contributed by atoms with Crippen LogP contribution in [0.15, 0.2) is 28.7 Å². The smallest absolute Gasteiger partial charge is 0.219 e. The molecule has 0 fully saturated rings. The van der Waals surface area contributed by atoms with Crippen molar-refractivity contribution in [2.24, 2.45) is 0 Å². The van der Waals surface area contributed by atoms with Gasteiger partial charge in [0.15, 0.2) is 0 Å². The maximum atomic E-state index is 5.70. The summed E-state index contributed by atoms with van der Waals surface area (Å²) in [5.74, 6) is 1.15. The van der Waals surface area contributed by atoms with E-state index in [-0.39, 0.29) is 0 Å². The Morgan fingerprint density at radius 2 is 2.27 bits per heavy atom. The first-order valence-electron chi connectivity index (χ1n) is 4.56. The second kappa shape index (κ2) is 4.02. The Kier molecular flexibility index (Phi) is 2.73. The van der Waals surface area contributed by atoms with Crippen LogP contribution in [0, 0.1) is 6.92 Å². The SMILES string of the molecule is Cc1nc(N)n(Cc2cccc(Br)c2)n1. The van der Waals surface area contributed by atoms with Gasteiger partial charge in [0.2, 0.25) is 5.95 Å². The van der Waals surface area contributed by atoms with Crippen molar-refractivity contribution < 1.29 is 0 Å². The summed E-state index contributed by atoms with van der Waals surface area (Å²) < 4.78 is 2.74. The van der Waals surface area contributed by atoms with Crippen molar-refractivity contribution in [1.29, 1.82) is 0 Å². The highest BCUT2D eigenvalue weighted by Gasteiger charge is 2.03. The molecule has 1 heterocycles. The predicted octanol–water partition coefficient (Wildman–Crippen LogP) is 1.98. The van der Waals surface area contributed by atoms with Gasteiger partial charge in [-0.3, -0.25) is 0 Å². The van der Waals surface area contributed by atoms with Gasteiger partial charge >= 0.3 is 0 Å². The van der Waals surface area contributed by atoms with E-state index >= 15 is 0 Å². The van der Waals surface area contributed by atoms with Crippen LogP contribution in [0.2, 0.25) is 0 Å². The molecule has 0 saturated carbocycles. The van der Waals surface area contributed by atoms with Crippen LogP contribution in [-0.4, -0.2) is 14.8 Å². The second-order valence-electron chi connectivity index (χ2n) is 3.30. The van der Waals surface area contributed by atoms with Crippen LogP contribution in [0.25, 0.3) is 0 Å². The summed E-state index contributed by atoms with van der Waals surface area (Å²) in [6, 6.07) is 8.04. The highest BCUT2D eigenvalue weighted by Crippen LogP contribution is 2.13. The Morgan fingerprint density at radius 3 is 2.87 bits per heavy atom. The first kappa shape index (κ1) is 10.2. The van der Waals surface area contributed by atoms with Crippen LogP contribution in [-0.2, 0) is 6.54 Å². The van der Waals surface area contributed by atoms with E-state index in [0.717, 1.165) is 10.0 Å². The molecule has 1 aromatic carbocycles. The van der Waals surface area contributed by atoms with Crippen molar-refractivity contribution in [3.05, 3.63) is 40.1 Å². The van der Waals surface area contributed by atoms with Crippen molar-refractivity contribution in [3.63, 3.8) is 0 Å². The van der Waals surface area contributed by atoms with E-state index in [1.807, 2.05) is 31.2 Å². The number of benzene rings is 1. The Morgan fingerprint density at radius 1 is 1.47 bits per heavy atom. The Hall–Kier alpha value is -1.36. The molecule has 1 aromatic heterocycles. The minimum atomic E-state index is 0.451. The van der Waals surface area contributed by atoms with Gasteiger partial charge < -0.3 is 5.73 Å². The molecule has 2 N–H and O–H groups in total. The van der Waals surface area contributed by atoms with E-state index in [0.29, 0.717) is 18.3 Å². The van der Waals surface area contributed by atoms with Gasteiger partial charge in [0.25, 0.3) is 0 Å². The number of hydrogen-bond acceptors (Lipinski definition) is 3. The van der Waals surface area contributed by atoms with Crippen molar-refractivity contribution in [3.8, 4) is 0 Å². The van der Waals surface area contributed by atoms with E-state index < -0.39 is 0 Å². The lowest BCUT2D eigenvalue weighted by Gasteiger charge is -2.03. The van der Waals surface area contributed by atoms with Gasteiger partial charge in [-0.1, -0.05) is 28.1 Å². The molecule has 0 radical (unpaired) electrons. The number of aryl methyl sites for hydroxylation is 1. The molecule has 5 heteroatoms. The number of nitrogens with two attached hydrogens (primary N) is 1. The summed E-state index contributed by atoms with van der Waals surface area (Å²) in [6.45, 7) is 2.47. The average Bonchev–Trinajstić information content (AvgIpc) is 2.45. The van der Waals surface area contributed by atoms with Crippen LogP contribution in [0.1, 0.15) is 11.4 Å². The fourth-order valence-electron chi connectivity index (χ4n) is 1.40. The highest BCUT2D eigenvalue weighted by atomic mass is 79.9. The first-order valence-corrected chi connectivity index (χ1v) is 5.36. The zero-order valence-corrected chi connectivity index (χ0v) is 9.90. The molecular formula is C10H11BrN4. The quantitative estimate of drug-likeness (QED) is 0.905. The minimum Gasteiger partial charge on any atom is -0.368 e. The maximum Gasteiger partial charge on any atom is 0.219 e. The fraction of sp³-hybridized carbons (Fsp3) is 0.200. The Bertz CT molecular complexity index is 478. The zero-order valence-electron chi connectivity index (χ0n) is 8.31. The molecule has 0 aliphatic rings. The lowest BCUT2D eigenvalue weighted by molar-refractivity contribution is 0.689. The molecule has 0 saturated heterocycles. The van der Waals surface area contributed by atoms with Gasteiger partial charge in [-0.15, -0.1) is 0 Å². The van der Waals surface area contributed by atoms with E-state index in [9.17, 15) is 0 Å². The average molecular weight is 267 g/mol. The summed E-state index contributed by atoms with van der Waals surface area (Å²) in [5, 5.41) is 4.20.